The number of carbonyl (C=O) groups is 1. The van der Waals surface area contributed by atoms with Crippen LogP contribution in [0.3, 0.4) is 0 Å². The van der Waals surface area contributed by atoms with E-state index < -0.39 is 22.4 Å². The third-order valence-electron chi connectivity index (χ3n) is 4.82. The van der Waals surface area contributed by atoms with Gasteiger partial charge in [0, 0.05) is 21.5 Å². The summed E-state index contributed by atoms with van der Waals surface area (Å²) in [5.74, 6) is -0.320. The van der Waals surface area contributed by atoms with Crippen molar-refractivity contribution in [2.24, 2.45) is 5.10 Å². The zero-order valence-corrected chi connectivity index (χ0v) is 20.8. The zero-order valence-electron chi connectivity index (χ0n) is 19.2. The number of hydrogen-bond donors (Lipinski definition) is 0. The van der Waals surface area contributed by atoms with E-state index in [2.05, 4.69) is 30.8 Å². The Morgan fingerprint density at radius 2 is 1.97 bits per heavy atom. The van der Waals surface area contributed by atoms with E-state index in [1.54, 1.807) is 18.2 Å². The molecule has 0 bridgehead atoms. The van der Waals surface area contributed by atoms with Crippen molar-refractivity contribution >= 4 is 44.7 Å². The summed E-state index contributed by atoms with van der Waals surface area (Å²) < 4.78 is 11.9. The fourth-order valence-electron chi connectivity index (χ4n) is 3.13. The van der Waals surface area contributed by atoms with Gasteiger partial charge in [0.2, 0.25) is 0 Å². The molecular weight excluding hydrogens is 508 g/mol. The molecule has 34 heavy (non-hydrogen) atoms. The predicted molar refractivity (Wildman–Crippen MR) is 131 cm³/mol. The van der Waals surface area contributed by atoms with Crippen molar-refractivity contribution in [2.45, 2.75) is 39.2 Å². The first-order chi connectivity index (χ1) is 15.9. The monoisotopic (exact) mass is 530 g/mol. The van der Waals surface area contributed by atoms with Crippen molar-refractivity contribution in [3.63, 3.8) is 0 Å². The van der Waals surface area contributed by atoms with Crippen molar-refractivity contribution in [2.75, 3.05) is 7.11 Å². The Kier molecular flexibility index (Phi) is 7.15. The van der Waals surface area contributed by atoms with Crippen molar-refractivity contribution in [3.05, 3.63) is 72.7 Å². The van der Waals surface area contributed by atoms with Crippen LogP contribution < -0.4 is 10.3 Å². The molecule has 11 heteroatoms. The highest BCUT2D eigenvalue weighted by Crippen LogP contribution is 2.29. The molecular formula is C23H23BrN4O6. The molecule has 0 aliphatic rings. The Balaban J connectivity index is 2.08. The van der Waals surface area contributed by atoms with E-state index in [1.165, 1.54) is 43.1 Å². The summed E-state index contributed by atoms with van der Waals surface area (Å²) in [4.78, 5) is 40.4. The predicted octanol–water partition coefficient (Wildman–Crippen LogP) is 4.19. The van der Waals surface area contributed by atoms with E-state index in [1.807, 2.05) is 20.8 Å². The Morgan fingerprint density at radius 3 is 2.59 bits per heavy atom. The van der Waals surface area contributed by atoms with E-state index in [-0.39, 0.29) is 17.0 Å². The number of carbonyl (C=O) groups excluding carboxylic acids is 1. The van der Waals surface area contributed by atoms with Gasteiger partial charge < -0.3 is 9.47 Å². The molecule has 0 saturated heterocycles. The molecule has 0 saturated carbocycles. The number of hydrogen-bond acceptors (Lipinski definition) is 8. The lowest BCUT2D eigenvalue weighted by molar-refractivity contribution is -0.386. The number of nitro groups is 1. The van der Waals surface area contributed by atoms with Gasteiger partial charge in [-0.15, -0.1) is 0 Å². The summed E-state index contributed by atoms with van der Waals surface area (Å²) in [6, 6.07) is 9.36. The fourth-order valence-corrected chi connectivity index (χ4v) is 3.49. The molecule has 0 aliphatic carbocycles. The molecule has 10 nitrogen and oxygen atoms in total. The first kappa shape index (κ1) is 25.0. The second-order valence-electron chi connectivity index (χ2n) is 8.48. The maximum atomic E-state index is 13.2. The highest BCUT2D eigenvalue weighted by molar-refractivity contribution is 9.10. The molecule has 0 radical (unpaired) electrons. The van der Waals surface area contributed by atoms with Crippen LogP contribution in [0.25, 0.3) is 10.9 Å². The number of benzene rings is 2. The first-order valence-corrected chi connectivity index (χ1v) is 11.0. The summed E-state index contributed by atoms with van der Waals surface area (Å²) in [5, 5.41) is 16.3. The maximum Gasteiger partial charge on any atom is 0.346 e. The molecule has 0 amide bonds. The maximum absolute atomic E-state index is 13.2. The average molecular weight is 531 g/mol. The summed E-state index contributed by atoms with van der Waals surface area (Å²) in [6.45, 7) is 7.15. The minimum Gasteiger partial charge on any atom is -0.472 e. The number of nitro benzene ring substituents is 1. The quantitative estimate of drug-likeness (QED) is 0.202. The molecule has 0 aliphatic heterocycles. The molecule has 0 spiro atoms. The second-order valence-corrected chi connectivity index (χ2v) is 9.39. The van der Waals surface area contributed by atoms with Gasteiger partial charge in [0.05, 0.1) is 29.2 Å². The summed E-state index contributed by atoms with van der Waals surface area (Å²) in [5.41, 5.74) is -0.337. The number of ether oxygens (including phenoxy) is 2. The van der Waals surface area contributed by atoms with Gasteiger partial charge in [-0.25, -0.2) is 9.78 Å². The largest absolute Gasteiger partial charge is 0.472 e. The van der Waals surface area contributed by atoms with Crippen LogP contribution >= 0.6 is 15.9 Å². The molecule has 1 heterocycles. The van der Waals surface area contributed by atoms with Crippen molar-refractivity contribution in [1.29, 1.82) is 0 Å². The van der Waals surface area contributed by atoms with Gasteiger partial charge in [0.25, 0.3) is 5.56 Å². The minimum atomic E-state index is -1.03. The second kappa shape index (κ2) is 9.72. The molecule has 2 aromatic carbocycles. The van der Waals surface area contributed by atoms with Crippen LogP contribution in [0, 0.1) is 10.1 Å². The Morgan fingerprint density at radius 1 is 1.26 bits per heavy atom. The fraction of sp³-hybridized carbons (Fsp3) is 0.304. The van der Waals surface area contributed by atoms with Crippen LogP contribution in [0.15, 0.2) is 50.8 Å². The molecule has 1 atom stereocenters. The van der Waals surface area contributed by atoms with Crippen LogP contribution in [0.1, 0.15) is 39.1 Å². The lowest BCUT2D eigenvalue weighted by atomic mass is 9.95. The van der Waals surface area contributed by atoms with Crippen molar-refractivity contribution < 1.29 is 19.2 Å². The number of nitrogens with zero attached hydrogens (tertiary/aromatic N) is 4. The van der Waals surface area contributed by atoms with Gasteiger partial charge in [-0.2, -0.15) is 9.78 Å². The van der Waals surface area contributed by atoms with E-state index in [9.17, 15) is 19.7 Å². The number of aromatic nitrogens is 2. The molecule has 178 valence electrons. The summed E-state index contributed by atoms with van der Waals surface area (Å²) in [7, 11) is 1.20. The SMILES string of the molecule is COC(=O)[C@H](C)Oc1ccc(C=Nn2c(C(C)(C)C)nc3ccc(Br)cc3c2=O)cc1[N+](=O)[O-]. The van der Waals surface area contributed by atoms with Crippen molar-refractivity contribution in [3.8, 4) is 5.75 Å². The van der Waals surface area contributed by atoms with Crippen LogP contribution in [0.2, 0.25) is 0 Å². The average Bonchev–Trinajstić information content (AvgIpc) is 2.77. The number of methoxy groups -OCH3 is 1. The topological polar surface area (TPSA) is 126 Å². The molecule has 0 N–H and O–H groups in total. The number of halogens is 1. The third-order valence-corrected chi connectivity index (χ3v) is 5.31. The molecule has 3 rings (SSSR count). The zero-order chi connectivity index (χ0) is 25.2. The van der Waals surface area contributed by atoms with E-state index in [4.69, 9.17) is 4.74 Å². The van der Waals surface area contributed by atoms with Crippen LogP contribution in [0.5, 0.6) is 5.75 Å². The Bertz CT molecular complexity index is 1360. The van der Waals surface area contributed by atoms with Crippen LogP contribution in [-0.4, -0.2) is 40.0 Å². The highest BCUT2D eigenvalue weighted by atomic mass is 79.9. The summed E-state index contributed by atoms with van der Waals surface area (Å²) in [6.07, 6.45) is 0.307. The van der Waals surface area contributed by atoms with Gasteiger partial charge in [0.15, 0.2) is 11.9 Å². The first-order valence-electron chi connectivity index (χ1n) is 10.2. The van der Waals surface area contributed by atoms with Gasteiger partial charge in [-0.1, -0.05) is 36.7 Å². The molecule has 0 unspecified atom stereocenters. The van der Waals surface area contributed by atoms with Gasteiger partial charge in [-0.3, -0.25) is 14.9 Å². The van der Waals surface area contributed by atoms with Gasteiger partial charge in [-0.05, 0) is 37.3 Å². The number of esters is 1. The van der Waals surface area contributed by atoms with Gasteiger partial charge in [0.1, 0.15) is 5.82 Å². The lowest BCUT2D eigenvalue weighted by Gasteiger charge is -2.20. The standard InChI is InChI=1S/C23H23BrN4O6/c1-13(21(30)33-5)34-19-9-6-14(10-18(19)28(31)32)12-25-27-20(29)16-11-15(24)7-8-17(16)26-22(27)23(2,3)4/h6-13H,1-5H3/t13-/m0/s1. The lowest BCUT2D eigenvalue weighted by Crippen LogP contribution is -2.29. The van der Waals surface area contributed by atoms with Gasteiger partial charge >= 0.3 is 11.7 Å². The Hall–Kier alpha value is -3.60. The minimum absolute atomic E-state index is 0.0928. The summed E-state index contributed by atoms with van der Waals surface area (Å²) >= 11 is 3.36. The number of rotatable bonds is 6. The highest BCUT2D eigenvalue weighted by Gasteiger charge is 2.24. The molecule has 0 fully saturated rings. The number of fused-ring (bicyclic) bond motifs is 1. The van der Waals surface area contributed by atoms with E-state index in [0.717, 1.165) is 4.47 Å². The normalized spacial score (nSPS) is 12.6. The third kappa shape index (κ3) is 5.30. The Labute approximate surface area is 203 Å². The molecule has 3 aromatic rings. The van der Waals surface area contributed by atoms with Crippen LogP contribution in [0.4, 0.5) is 5.69 Å². The molecule has 1 aromatic heterocycles. The van der Waals surface area contributed by atoms with E-state index in [0.29, 0.717) is 22.3 Å². The van der Waals surface area contributed by atoms with Crippen LogP contribution in [-0.2, 0) is 14.9 Å². The van der Waals surface area contributed by atoms with Crippen molar-refractivity contribution in [1.82, 2.24) is 9.66 Å². The smallest absolute Gasteiger partial charge is 0.346 e. The van der Waals surface area contributed by atoms with E-state index >= 15 is 0 Å².